The molecule has 4 heteroatoms. The Labute approximate surface area is 104 Å². The Kier molecular flexibility index (Phi) is 8.76. The lowest BCUT2D eigenvalue weighted by Crippen LogP contribution is -2.50. The van der Waals surface area contributed by atoms with E-state index in [1.54, 1.807) is 0 Å². The molecule has 1 atom stereocenters. The molecule has 0 radical (unpaired) electrons. The maximum atomic E-state index is 11.7. The molecule has 3 nitrogen and oxygen atoms in total. The van der Waals surface area contributed by atoms with Crippen molar-refractivity contribution in [2.45, 2.75) is 45.6 Å². The topological polar surface area (TPSA) is 38.3 Å². The SMILES string of the molecule is CCCCCSCC(C)(NC)C(=O)OCC. The zero-order valence-corrected chi connectivity index (χ0v) is 11.8. The van der Waals surface area contributed by atoms with E-state index in [0.29, 0.717) is 6.61 Å². The molecule has 0 bridgehead atoms. The number of rotatable bonds is 9. The molecule has 1 N–H and O–H groups in total. The third-order valence-electron chi connectivity index (χ3n) is 2.56. The van der Waals surface area contributed by atoms with Gasteiger partial charge in [0, 0.05) is 5.75 Å². The van der Waals surface area contributed by atoms with Crippen molar-refractivity contribution in [2.24, 2.45) is 0 Å². The number of nitrogens with one attached hydrogen (secondary N) is 1. The van der Waals surface area contributed by atoms with Gasteiger partial charge in [0.15, 0.2) is 0 Å². The van der Waals surface area contributed by atoms with Gasteiger partial charge in [0.1, 0.15) is 5.54 Å². The minimum atomic E-state index is -0.549. The lowest BCUT2D eigenvalue weighted by molar-refractivity contribution is -0.149. The number of thioether (sulfide) groups is 1. The number of hydrogen-bond donors (Lipinski definition) is 1. The van der Waals surface area contributed by atoms with Crippen LogP contribution >= 0.6 is 11.8 Å². The van der Waals surface area contributed by atoms with Crippen molar-refractivity contribution in [3.8, 4) is 0 Å². The summed E-state index contributed by atoms with van der Waals surface area (Å²) < 4.78 is 5.06. The van der Waals surface area contributed by atoms with E-state index in [4.69, 9.17) is 4.74 Å². The number of carbonyl (C=O) groups is 1. The third kappa shape index (κ3) is 5.75. The van der Waals surface area contributed by atoms with Crippen LogP contribution in [0.3, 0.4) is 0 Å². The van der Waals surface area contributed by atoms with Gasteiger partial charge in [-0.1, -0.05) is 19.8 Å². The van der Waals surface area contributed by atoms with Gasteiger partial charge in [-0.25, -0.2) is 0 Å². The summed E-state index contributed by atoms with van der Waals surface area (Å²) in [6, 6.07) is 0. The van der Waals surface area contributed by atoms with E-state index in [9.17, 15) is 4.79 Å². The van der Waals surface area contributed by atoms with Gasteiger partial charge in [0.05, 0.1) is 6.61 Å². The monoisotopic (exact) mass is 247 g/mol. The van der Waals surface area contributed by atoms with Crippen LogP contribution < -0.4 is 5.32 Å². The molecule has 16 heavy (non-hydrogen) atoms. The molecule has 0 aromatic carbocycles. The molecule has 0 rings (SSSR count). The van der Waals surface area contributed by atoms with E-state index in [-0.39, 0.29) is 5.97 Å². The van der Waals surface area contributed by atoms with Crippen molar-refractivity contribution >= 4 is 17.7 Å². The molecule has 0 fully saturated rings. The van der Waals surface area contributed by atoms with Gasteiger partial charge in [0.25, 0.3) is 0 Å². The Morgan fingerprint density at radius 1 is 1.38 bits per heavy atom. The standard InChI is InChI=1S/C12H25NO2S/c1-5-7-8-9-16-10-12(3,13-4)11(14)15-6-2/h13H,5-10H2,1-4H3. The van der Waals surface area contributed by atoms with Gasteiger partial charge in [-0.3, -0.25) is 4.79 Å². The van der Waals surface area contributed by atoms with Crippen LogP contribution in [-0.4, -0.2) is 36.7 Å². The van der Waals surface area contributed by atoms with Crippen LogP contribution in [0.25, 0.3) is 0 Å². The molecule has 0 aliphatic carbocycles. The normalized spacial score (nSPS) is 14.5. The average Bonchev–Trinajstić information content (AvgIpc) is 2.28. The third-order valence-corrected chi connectivity index (χ3v) is 3.92. The van der Waals surface area contributed by atoms with Gasteiger partial charge in [-0.15, -0.1) is 0 Å². The Bertz CT molecular complexity index is 199. The molecular formula is C12H25NO2S. The first-order chi connectivity index (χ1) is 7.60. The van der Waals surface area contributed by atoms with E-state index in [1.165, 1.54) is 19.3 Å². The summed E-state index contributed by atoms with van der Waals surface area (Å²) in [6.45, 7) is 6.37. The number of ether oxygens (including phenoxy) is 1. The van der Waals surface area contributed by atoms with Gasteiger partial charge < -0.3 is 10.1 Å². The number of likely N-dealkylation sites (N-methyl/N-ethyl adjacent to an activating group) is 1. The molecule has 1 unspecified atom stereocenters. The van der Waals surface area contributed by atoms with E-state index >= 15 is 0 Å². The van der Waals surface area contributed by atoms with Crippen molar-refractivity contribution in [1.29, 1.82) is 0 Å². The van der Waals surface area contributed by atoms with Crippen LogP contribution in [0.5, 0.6) is 0 Å². The minimum Gasteiger partial charge on any atom is -0.465 e. The average molecular weight is 247 g/mol. The van der Waals surface area contributed by atoms with Crippen molar-refractivity contribution < 1.29 is 9.53 Å². The molecular weight excluding hydrogens is 222 g/mol. The highest BCUT2D eigenvalue weighted by Crippen LogP contribution is 2.16. The summed E-state index contributed by atoms with van der Waals surface area (Å²) in [5.41, 5.74) is -0.549. The molecule has 0 aliphatic heterocycles. The lowest BCUT2D eigenvalue weighted by atomic mass is 10.1. The Morgan fingerprint density at radius 2 is 2.06 bits per heavy atom. The largest absolute Gasteiger partial charge is 0.465 e. The fourth-order valence-corrected chi connectivity index (χ4v) is 2.48. The Hall–Kier alpha value is -0.220. The van der Waals surface area contributed by atoms with Crippen LogP contribution in [0.1, 0.15) is 40.0 Å². The second-order valence-corrected chi connectivity index (χ2v) is 5.17. The molecule has 0 heterocycles. The fourth-order valence-electron chi connectivity index (χ4n) is 1.25. The molecule has 0 spiro atoms. The molecule has 0 saturated heterocycles. The summed E-state index contributed by atoms with van der Waals surface area (Å²) in [6.07, 6.45) is 3.73. The highest BCUT2D eigenvalue weighted by Gasteiger charge is 2.32. The first-order valence-corrected chi connectivity index (χ1v) is 7.20. The highest BCUT2D eigenvalue weighted by molar-refractivity contribution is 7.99. The van der Waals surface area contributed by atoms with E-state index in [1.807, 2.05) is 32.7 Å². The minimum absolute atomic E-state index is 0.152. The highest BCUT2D eigenvalue weighted by atomic mass is 32.2. The van der Waals surface area contributed by atoms with Crippen molar-refractivity contribution in [1.82, 2.24) is 5.32 Å². The lowest BCUT2D eigenvalue weighted by Gasteiger charge is -2.26. The zero-order valence-electron chi connectivity index (χ0n) is 11.0. The first kappa shape index (κ1) is 15.8. The molecule has 0 aromatic heterocycles. The number of esters is 1. The van der Waals surface area contributed by atoms with Crippen LogP contribution in [0, 0.1) is 0 Å². The number of carbonyl (C=O) groups excluding carboxylic acids is 1. The number of unbranched alkanes of at least 4 members (excludes halogenated alkanes) is 2. The second kappa shape index (κ2) is 8.88. The summed E-state index contributed by atoms with van der Waals surface area (Å²) >= 11 is 1.82. The van der Waals surface area contributed by atoms with Crippen LogP contribution in [0.15, 0.2) is 0 Å². The summed E-state index contributed by atoms with van der Waals surface area (Å²) in [4.78, 5) is 11.7. The van der Waals surface area contributed by atoms with Crippen LogP contribution in [-0.2, 0) is 9.53 Å². The summed E-state index contributed by atoms with van der Waals surface area (Å²) in [7, 11) is 1.81. The Balaban J connectivity index is 3.92. The maximum absolute atomic E-state index is 11.7. The second-order valence-electron chi connectivity index (χ2n) is 4.06. The number of hydrogen-bond acceptors (Lipinski definition) is 4. The van der Waals surface area contributed by atoms with Gasteiger partial charge in [-0.05, 0) is 33.1 Å². The first-order valence-electron chi connectivity index (χ1n) is 6.04. The summed E-state index contributed by atoms with van der Waals surface area (Å²) in [5.74, 6) is 1.73. The van der Waals surface area contributed by atoms with E-state index in [0.717, 1.165) is 11.5 Å². The zero-order chi connectivity index (χ0) is 12.4. The van der Waals surface area contributed by atoms with E-state index < -0.39 is 5.54 Å². The molecule has 0 saturated carbocycles. The van der Waals surface area contributed by atoms with Crippen LogP contribution in [0.4, 0.5) is 0 Å². The maximum Gasteiger partial charge on any atom is 0.326 e. The molecule has 0 amide bonds. The van der Waals surface area contributed by atoms with Gasteiger partial charge in [0.2, 0.25) is 0 Å². The van der Waals surface area contributed by atoms with Crippen molar-refractivity contribution in [2.75, 3.05) is 25.2 Å². The van der Waals surface area contributed by atoms with Crippen molar-refractivity contribution in [3.05, 3.63) is 0 Å². The quantitative estimate of drug-likeness (QED) is 0.502. The molecule has 0 aromatic rings. The van der Waals surface area contributed by atoms with Crippen LogP contribution in [0.2, 0.25) is 0 Å². The summed E-state index contributed by atoms with van der Waals surface area (Å²) in [5, 5.41) is 3.06. The Morgan fingerprint density at radius 3 is 2.56 bits per heavy atom. The van der Waals surface area contributed by atoms with E-state index in [2.05, 4.69) is 12.2 Å². The molecule has 0 aliphatic rings. The van der Waals surface area contributed by atoms with Gasteiger partial charge >= 0.3 is 5.97 Å². The van der Waals surface area contributed by atoms with Gasteiger partial charge in [-0.2, -0.15) is 11.8 Å². The van der Waals surface area contributed by atoms with Crippen molar-refractivity contribution in [3.63, 3.8) is 0 Å². The smallest absolute Gasteiger partial charge is 0.326 e. The molecule has 96 valence electrons. The predicted octanol–water partition coefficient (Wildman–Crippen LogP) is 2.45. The fraction of sp³-hybridized carbons (Fsp3) is 0.917. The predicted molar refractivity (Wildman–Crippen MR) is 70.9 cm³/mol.